The minimum Gasteiger partial charge on any atom is -0.352 e. The molecule has 2 nitrogen and oxygen atoms in total. The predicted octanol–water partition coefficient (Wildman–Crippen LogP) is 3.30. The number of aryl methyl sites for hydroxylation is 1. The fourth-order valence-electron chi connectivity index (χ4n) is 1.81. The van der Waals surface area contributed by atoms with E-state index in [1.54, 1.807) is 0 Å². The highest BCUT2D eigenvalue weighted by Crippen LogP contribution is 2.18. The number of nitrogens with one attached hydrogen (secondary N) is 1. The van der Waals surface area contributed by atoms with Gasteiger partial charge in [0, 0.05) is 13.0 Å². The average Bonchev–Trinajstić information content (AvgIpc) is 2.24. The standard InChI is InChI=1S/C15H23NO/c1-5-12-8-6-7-9-13(12)11-16-14(17)10-15(2,3)4/h6-9H,5,10-11H2,1-4H3,(H,16,17). The molecule has 1 N–H and O–H groups in total. The molecule has 0 spiro atoms. The first-order chi connectivity index (χ1) is 7.92. The molecule has 94 valence electrons. The summed E-state index contributed by atoms with van der Waals surface area (Å²) >= 11 is 0. The third-order valence-corrected chi connectivity index (χ3v) is 2.67. The molecule has 1 aromatic rings. The molecule has 0 aliphatic rings. The molecule has 0 atom stereocenters. The monoisotopic (exact) mass is 233 g/mol. The van der Waals surface area contributed by atoms with E-state index >= 15 is 0 Å². The van der Waals surface area contributed by atoms with Crippen LogP contribution in [-0.4, -0.2) is 5.91 Å². The van der Waals surface area contributed by atoms with Gasteiger partial charge in [0.1, 0.15) is 0 Å². The van der Waals surface area contributed by atoms with Gasteiger partial charge < -0.3 is 5.32 Å². The summed E-state index contributed by atoms with van der Waals surface area (Å²) in [6.07, 6.45) is 1.58. The molecule has 0 saturated heterocycles. The molecule has 0 aliphatic heterocycles. The van der Waals surface area contributed by atoms with Gasteiger partial charge in [0.2, 0.25) is 5.91 Å². The largest absolute Gasteiger partial charge is 0.352 e. The van der Waals surface area contributed by atoms with Gasteiger partial charge in [0.05, 0.1) is 0 Å². The van der Waals surface area contributed by atoms with Crippen molar-refractivity contribution >= 4 is 5.91 Å². The van der Waals surface area contributed by atoms with Gasteiger partial charge in [-0.2, -0.15) is 0 Å². The Morgan fingerprint density at radius 2 is 1.76 bits per heavy atom. The van der Waals surface area contributed by atoms with Crippen molar-refractivity contribution in [1.82, 2.24) is 5.32 Å². The molecule has 0 fully saturated rings. The number of amides is 1. The molecule has 17 heavy (non-hydrogen) atoms. The minimum atomic E-state index is 0.0500. The van der Waals surface area contributed by atoms with E-state index in [1.807, 2.05) is 12.1 Å². The lowest BCUT2D eigenvalue weighted by molar-refractivity contribution is -0.122. The summed E-state index contributed by atoms with van der Waals surface area (Å²) in [5.41, 5.74) is 2.58. The molecule has 1 rings (SSSR count). The number of carbonyl (C=O) groups excluding carboxylic acids is 1. The molecule has 0 saturated carbocycles. The Morgan fingerprint density at radius 1 is 1.18 bits per heavy atom. The van der Waals surface area contributed by atoms with Crippen LogP contribution in [0.5, 0.6) is 0 Å². The van der Waals surface area contributed by atoms with Crippen molar-refractivity contribution in [3.8, 4) is 0 Å². The van der Waals surface area contributed by atoms with E-state index in [0.29, 0.717) is 13.0 Å². The summed E-state index contributed by atoms with van der Waals surface area (Å²) in [7, 11) is 0. The first kappa shape index (κ1) is 13.8. The summed E-state index contributed by atoms with van der Waals surface area (Å²) < 4.78 is 0. The van der Waals surface area contributed by atoms with Gasteiger partial charge in [-0.1, -0.05) is 52.0 Å². The number of rotatable bonds is 4. The maximum atomic E-state index is 11.7. The van der Waals surface area contributed by atoms with E-state index < -0.39 is 0 Å². The van der Waals surface area contributed by atoms with E-state index in [4.69, 9.17) is 0 Å². The Kier molecular flexibility index (Phi) is 4.73. The number of hydrogen-bond donors (Lipinski definition) is 1. The normalized spacial score (nSPS) is 11.3. The van der Waals surface area contributed by atoms with Crippen LogP contribution >= 0.6 is 0 Å². The van der Waals surface area contributed by atoms with E-state index in [0.717, 1.165) is 6.42 Å². The number of hydrogen-bond acceptors (Lipinski definition) is 1. The van der Waals surface area contributed by atoms with E-state index in [1.165, 1.54) is 11.1 Å². The lowest BCUT2D eigenvalue weighted by Crippen LogP contribution is -2.27. The lowest BCUT2D eigenvalue weighted by Gasteiger charge is -2.17. The van der Waals surface area contributed by atoms with Crippen LogP contribution in [0.2, 0.25) is 0 Å². The summed E-state index contributed by atoms with van der Waals surface area (Å²) in [6.45, 7) is 9.00. The highest BCUT2D eigenvalue weighted by Gasteiger charge is 2.15. The molecule has 0 unspecified atom stereocenters. The second-order valence-electron chi connectivity index (χ2n) is 5.64. The maximum absolute atomic E-state index is 11.7. The van der Waals surface area contributed by atoms with Gasteiger partial charge in [-0.15, -0.1) is 0 Å². The Morgan fingerprint density at radius 3 is 2.29 bits per heavy atom. The van der Waals surface area contributed by atoms with Gasteiger partial charge in [0.25, 0.3) is 0 Å². The van der Waals surface area contributed by atoms with Gasteiger partial charge in [-0.25, -0.2) is 0 Å². The third-order valence-electron chi connectivity index (χ3n) is 2.67. The number of carbonyl (C=O) groups is 1. The van der Waals surface area contributed by atoms with Gasteiger partial charge in [0.15, 0.2) is 0 Å². The molecule has 0 aliphatic carbocycles. The molecule has 1 amide bonds. The maximum Gasteiger partial charge on any atom is 0.220 e. The van der Waals surface area contributed by atoms with Crippen LogP contribution in [0.15, 0.2) is 24.3 Å². The Labute approximate surface area is 104 Å². The molecule has 2 heteroatoms. The van der Waals surface area contributed by atoms with E-state index in [2.05, 4.69) is 45.1 Å². The second-order valence-corrected chi connectivity index (χ2v) is 5.64. The summed E-state index contributed by atoms with van der Waals surface area (Å²) in [5, 5.41) is 2.99. The van der Waals surface area contributed by atoms with Crippen molar-refractivity contribution in [3.05, 3.63) is 35.4 Å². The molecule has 0 heterocycles. The van der Waals surface area contributed by atoms with Crippen LogP contribution < -0.4 is 5.32 Å². The van der Waals surface area contributed by atoms with Crippen molar-refractivity contribution in [3.63, 3.8) is 0 Å². The van der Waals surface area contributed by atoms with Crippen molar-refractivity contribution in [2.45, 2.75) is 47.1 Å². The predicted molar refractivity (Wildman–Crippen MR) is 71.7 cm³/mol. The average molecular weight is 233 g/mol. The minimum absolute atomic E-state index is 0.0500. The molecular formula is C15H23NO. The third kappa shape index (κ3) is 5.03. The molecule has 0 radical (unpaired) electrons. The SMILES string of the molecule is CCc1ccccc1CNC(=O)CC(C)(C)C. The Hall–Kier alpha value is -1.31. The topological polar surface area (TPSA) is 29.1 Å². The summed E-state index contributed by atoms with van der Waals surface area (Å²) in [5.74, 6) is 0.128. The van der Waals surface area contributed by atoms with E-state index in [9.17, 15) is 4.79 Å². The van der Waals surface area contributed by atoms with Crippen molar-refractivity contribution in [2.75, 3.05) is 0 Å². The lowest BCUT2D eigenvalue weighted by atomic mass is 9.92. The highest BCUT2D eigenvalue weighted by molar-refractivity contribution is 5.76. The fourth-order valence-corrected chi connectivity index (χ4v) is 1.81. The van der Waals surface area contributed by atoms with Crippen LogP contribution in [0.1, 0.15) is 45.2 Å². The van der Waals surface area contributed by atoms with Crippen LogP contribution in [-0.2, 0) is 17.8 Å². The summed E-state index contributed by atoms with van der Waals surface area (Å²) in [6, 6.07) is 8.26. The van der Waals surface area contributed by atoms with Crippen LogP contribution in [0.25, 0.3) is 0 Å². The second kappa shape index (κ2) is 5.85. The first-order valence-electron chi connectivity index (χ1n) is 6.26. The molecule has 1 aromatic carbocycles. The van der Waals surface area contributed by atoms with Crippen molar-refractivity contribution in [1.29, 1.82) is 0 Å². The quantitative estimate of drug-likeness (QED) is 0.849. The zero-order valence-electron chi connectivity index (χ0n) is 11.3. The smallest absolute Gasteiger partial charge is 0.220 e. The Bertz CT molecular complexity index is 377. The van der Waals surface area contributed by atoms with Gasteiger partial charge >= 0.3 is 0 Å². The zero-order valence-corrected chi connectivity index (χ0v) is 11.3. The first-order valence-corrected chi connectivity index (χ1v) is 6.26. The van der Waals surface area contributed by atoms with Crippen LogP contribution in [0, 0.1) is 5.41 Å². The number of benzene rings is 1. The van der Waals surface area contributed by atoms with Crippen molar-refractivity contribution < 1.29 is 4.79 Å². The van der Waals surface area contributed by atoms with Crippen LogP contribution in [0.4, 0.5) is 0 Å². The molecule has 0 aromatic heterocycles. The fraction of sp³-hybridized carbons (Fsp3) is 0.533. The molecule has 0 bridgehead atoms. The van der Waals surface area contributed by atoms with Crippen molar-refractivity contribution in [2.24, 2.45) is 5.41 Å². The van der Waals surface area contributed by atoms with E-state index in [-0.39, 0.29) is 11.3 Å². The summed E-state index contributed by atoms with van der Waals surface area (Å²) in [4.78, 5) is 11.7. The van der Waals surface area contributed by atoms with Gasteiger partial charge in [-0.3, -0.25) is 4.79 Å². The van der Waals surface area contributed by atoms with Crippen LogP contribution in [0.3, 0.4) is 0 Å². The zero-order chi connectivity index (χ0) is 12.9. The molecular weight excluding hydrogens is 210 g/mol. The van der Waals surface area contributed by atoms with Gasteiger partial charge in [-0.05, 0) is 23.0 Å². The Balaban J connectivity index is 2.53. The highest BCUT2D eigenvalue weighted by atomic mass is 16.1.